The number of hydrogen-bond donors (Lipinski definition) is 0. The topological polar surface area (TPSA) is 69.9 Å². The van der Waals surface area contributed by atoms with Gasteiger partial charge in [0, 0.05) is 6.54 Å². The zero-order valence-corrected chi connectivity index (χ0v) is 10.6. The average molecular weight is 275 g/mol. The summed E-state index contributed by atoms with van der Waals surface area (Å²) in [4.78, 5) is 19.3. The smallest absolute Gasteiger partial charge is 0.360 e. The fraction of sp³-hybridized carbons (Fsp3) is 0.333. The lowest BCUT2D eigenvalue weighted by Gasteiger charge is -1.99. The van der Waals surface area contributed by atoms with Gasteiger partial charge in [0.2, 0.25) is 5.28 Å². The van der Waals surface area contributed by atoms with Crippen molar-refractivity contribution in [1.82, 2.24) is 19.7 Å². The summed E-state index contributed by atoms with van der Waals surface area (Å²) >= 11 is 11.7. The summed E-state index contributed by atoms with van der Waals surface area (Å²) in [7, 11) is 1.27. The molecule has 8 heteroatoms. The van der Waals surface area contributed by atoms with E-state index in [9.17, 15) is 4.79 Å². The molecule has 0 spiro atoms. The van der Waals surface area contributed by atoms with Crippen molar-refractivity contribution in [1.29, 1.82) is 0 Å². The van der Waals surface area contributed by atoms with Crippen LogP contribution in [0.15, 0.2) is 0 Å². The van der Waals surface area contributed by atoms with E-state index in [1.165, 1.54) is 11.8 Å². The number of methoxy groups -OCH3 is 1. The third kappa shape index (κ3) is 1.94. The van der Waals surface area contributed by atoms with Crippen molar-refractivity contribution in [2.75, 3.05) is 7.11 Å². The zero-order valence-electron chi connectivity index (χ0n) is 9.07. The van der Waals surface area contributed by atoms with Crippen molar-refractivity contribution >= 4 is 40.2 Å². The van der Waals surface area contributed by atoms with Crippen molar-refractivity contribution in [3.63, 3.8) is 0 Å². The Balaban J connectivity index is 2.82. The Labute approximate surface area is 107 Å². The Bertz CT molecular complexity index is 596. The van der Waals surface area contributed by atoms with Crippen LogP contribution in [-0.4, -0.2) is 32.8 Å². The van der Waals surface area contributed by atoms with Crippen LogP contribution in [0.25, 0.3) is 11.0 Å². The number of fused-ring (bicyclic) bond motifs is 1. The maximum Gasteiger partial charge on any atom is 0.360 e. The second-order valence-electron chi connectivity index (χ2n) is 3.14. The Hall–Kier alpha value is -1.40. The maximum atomic E-state index is 11.5. The molecule has 0 amide bonds. The van der Waals surface area contributed by atoms with Crippen LogP contribution in [0.5, 0.6) is 0 Å². The number of rotatable bonds is 2. The highest BCUT2D eigenvalue weighted by molar-refractivity contribution is 6.35. The number of aromatic nitrogens is 4. The second kappa shape index (κ2) is 4.46. The van der Waals surface area contributed by atoms with Crippen LogP contribution in [0.1, 0.15) is 17.4 Å². The Morgan fingerprint density at radius 3 is 2.71 bits per heavy atom. The number of halogens is 2. The van der Waals surface area contributed by atoms with Gasteiger partial charge in [-0.3, -0.25) is 4.68 Å². The fourth-order valence-corrected chi connectivity index (χ4v) is 1.96. The summed E-state index contributed by atoms with van der Waals surface area (Å²) in [5.41, 5.74) is 0.846. The molecule has 0 atom stereocenters. The van der Waals surface area contributed by atoms with Crippen LogP contribution in [-0.2, 0) is 11.3 Å². The summed E-state index contributed by atoms with van der Waals surface area (Å²) < 4.78 is 6.15. The van der Waals surface area contributed by atoms with Crippen molar-refractivity contribution in [2.45, 2.75) is 13.5 Å². The molecule has 0 unspecified atom stereocenters. The molecule has 17 heavy (non-hydrogen) atoms. The lowest BCUT2D eigenvalue weighted by molar-refractivity contribution is 0.0595. The molecule has 0 fully saturated rings. The zero-order chi connectivity index (χ0) is 12.6. The van der Waals surface area contributed by atoms with E-state index in [1.54, 1.807) is 0 Å². The molecule has 2 heterocycles. The first-order valence-corrected chi connectivity index (χ1v) is 5.52. The fourth-order valence-electron chi connectivity index (χ4n) is 1.48. The van der Waals surface area contributed by atoms with Crippen molar-refractivity contribution in [3.05, 3.63) is 16.1 Å². The summed E-state index contributed by atoms with van der Waals surface area (Å²) in [6, 6.07) is 0. The first-order chi connectivity index (χ1) is 8.08. The Morgan fingerprint density at radius 1 is 1.41 bits per heavy atom. The van der Waals surface area contributed by atoms with E-state index in [0.717, 1.165) is 0 Å². The monoisotopic (exact) mass is 274 g/mol. The second-order valence-corrected chi connectivity index (χ2v) is 3.83. The van der Waals surface area contributed by atoms with Gasteiger partial charge in [-0.05, 0) is 18.5 Å². The van der Waals surface area contributed by atoms with E-state index < -0.39 is 5.97 Å². The molecule has 0 N–H and O–H groups in total. The van der Waals surface area contributed by atoms with Gasteiger partial charge in [0.05, 0.1) is 7.11 Å². The van der Waals surface area contributed by atoms with Crippen LogP contribution in [0, 0.1) is 0 Å². The van der Waals surface area contributed by atoms with Gasteiger partial charge >= 0.3 is 5.97 Å². The third-order valence-corrected chi connectivity index (χ3v) is 2.63. The molecule has 2 aromatic rings. The molecular formula is C9H8Cl2N4O2. The molecule has 0 aliphatic heterocycles. The van der Waals surface area contributed by atoms with Gasteiger partial charge in [-0.2, -0.15) is 5.10 Å². The minimum atomic E-state index is -0.590. The molecule has 0 saturated carbocycles. The quantitative estimate of drug-likeness (QED) is 0.476. The maximum absolute atomic E-state index is 11.5. The Kier molecular flexibility index (Phi) is 3.17. The number of carbonyl (C=O) groups excluding carboxylic acids is 1. The van der Waals surface area contributed by atoms with E-state index in [-0.39, 0.29) is 16.1 Å². The number of hydrogen-bond acceptors (Lipinski definition) is 5. The number of esters is 1. The van der Waals surface area contributed by atoms with Gasteiger partial charge in [0.25, 0.3) is 0 Å². The number of aryl methyl sites for hydroxylation is 1. The van der Waals surface area contributed by atoms with Gasteiger partial charge < -0.3 is 4.74 Å². The summed E-state index contributed by atoms with van der Waals surface area (Å²) in [5.74, 6) is -0.590. The summed E-state index contributed by atoms with van der Waals surface area (Å²) in [6.45, 7) is 2.39. The standard InChI is InChI=1S/C9H8Cl2N4O2/c1-3-15-6-4(5(14-15)8(16)17-2)12-9(11)13-7(6)10/h3H2,1-2H3. The van der Waals surface area contributed by atoms with E-state index in [2.05, 4.69) is 19.8 Å². The molecule has 6 nitrogen and oxygen atoms in total. The van der Waals surface area contributed by atoms with Crippen molar-refractivity contribution in [3.8, 4) is 0 Å². The number of carbonyl (C=O) groups is 1. The van der Waals surface area contributed by atoms with Gasteiger partial charge in [-0.25, -0.2) is 14.8 Å². The van der Waals surface area contributed by atoms with Gasteiger partial charge in [-0.15, -0.1) is 0 Å². The van der Waals surface area contributed by atoms with Gasteiger partial charge in [-0.1, -0.05) is 11.6 Å². The number of ether oxygens (including phenoxy) is 1. The average Bonchev–Trinajstić information content (AvgIpc) is 2.66. The molecule has 0 aromatic carbocycles. The number of nitrogens with zero attached hydrogens (tertiary/aromatic N) is 4. The highest BCUT2D eigenvalue weighted by Crippen LogP contribution is 2.25. The van der Waals surface area contributed by atoms with Crippen molar-refractivity contribution in [2.24, 2.45) is 0 Å². The molecule has 2 rings (SSSR count). The molecule has 0 aliphatic carbocycles. The summed E-state index contributed by atoms with van der Waals surface area (Å²) in [6.07, 6.45) is 0. The van der Waals surface area contributed by atoms with E-state index in [4.69, 9.17) is 23.2 Å². The molecule has 0 aliphatic rings. The van der Waals surface area contributed by atoms with Crippen LogP contribution in [0.4, 0.5) is 0 Å². The summed E-state index contributed by atoms with van der Waals surface area (Å²) in [5, 5.41) is 4.20. The molecule has 0 saturated heterocycles. The van der Waals surface area contributed by atoms with E-state index >= 15 is 0 Å². The van der Waals surface area contributed by atoms with Crippen LogP contribution < -0.4 is 0 Å². The Morgan fingerprint density at radius 2 is 2.12 bits per heavy atom. The molecular weight excluding hydrogens is 267 g/mol. The van der Waals surface area contributed by atoms with Crippen LogP contribution >= 0.6 is 23.2 Å². The predicted octanol–water partition coefficient (Wildman–Crippen LogP) is 1.94. The first-order valence-electron chi connectivity index (χ1n) is 4.76. The molecule has 0 bridgehead atoms. The largest absolute Gasteiger partial charge is 0.464 e. The van der Waals surface area contributed by atoms with Gasteiger partial charge in [0.1, 0.15) is 11.0 Å². The van der Waals surface area contributed by atoms with E-state index in [0.29, 0.717) is 17.6 Å². The molecule has 90 valence electrons. The van der Waals surface area contributed by atoms with Crippen LogP contribution in [0.3, 0.4) is 0 Å². The van der Waals surface area contributed by atoms with Crippen LogP contribution in [0.2, 0.25) is 10.4 Å². The first kappa shape index (κ1) is 12.1. The highest BCUT2D eigenvalue weighted by Gasteiger charge is 2.21. The third-order valence-electron chi connectivity index (χ3n) is 2.20. The lowest BCUT2D eigenvalue weighted by atomic mass is 10.3. The SMILES string of the molecule is CCn1nc(C(=O)OC)c2nc(Cl)nc(Cl)c21. The minimum absolute atomic E-state index is 0.0386. The van der Waals surface area contributed by atoms with E-state index in [1.807, 2.05) is 6.92 Å². The lowest BCUT2D eigenvalue weighted by Crippen LogP contribution is -2.04. The molecule has 2 aromatic heterocycles. The predicted molar refractivity (Wildman–Crippen MR) is 62.4 cm³/mol. The van der Waals surface area contributed by atoms with Gasteiger partial charge in [0.15, 0.2) is 10.8 Å². The minimum Gasteiger partial charge on any atom is -0.464 e. The normalized spacial score (nSPS) is 10.8. The van der Waals surface area contributed by atoms with Crippen molar-refractivity contribution < 1.29 is 9.53 Å². The molecule has 0 radical (unpaired) electrons. The highest BCUT2D eigenvalue weighted by atomic mass is 35.5.